The van der Waals surface area contributed by atoms with Crippen molar-refractivity contribution in [1.29, 1.82) is 0 Å². The topological polar surface area (TPSA) is 96.0 Å². The Morgan fingerprint density at radius 3 is 2.37 bits per heavy atom. The van der Waals surface area contributed by atoms with Gasteiger partial charge in [-0.1, -0.05) is 24.3 Å². The van der Waals surface area contributed by atoms with Gasteiger partial charge < -0.3 is 15.0 Å². The molecule has 35 heavy (non-hydrogen) atoms. The fourth-order valence-electron chi connectivity index (χ4n) is 3.57. The van der Waals surface area contributed by atoms with Crippen LogP contribution in [-0.2, 0) is 26.2 Å². The molecule has 1 unspecified atom stereocenters. The molecule has 8 nitrogen and oxygen atoms in total. The number of nitrogens with one attached hydrogen (secondary N) is 1. The van der Waals surface area contributed by atoms with Crippen molar-refractivity contribution >= 4 is 27.5 Å². The lowest BCUT2D eigenvalue weighted by Crippen LogP contribution is -2.49. The molecule has 192 valence electrons. The lowest BCUT2D eigenvalue weighted by atomic mass is 10.1. The van der Waals surface area contributed by atoms with Crippen LogP contribution in [0.4, 0.5) is 10.1 Å². The maximum absolute atomic E-state index is 14.3. The van der Waals surface area contributed by atoms with E-state index in [0.717, 1.165) is 6.26 Å². The molecule has 10 heteroatoms. The lowest BCUT2D eigenvalue weighted by molar-refractivity contribution is -0.140. The van der Waals surface area contributed by atoms with Crippen molar-refractivity contribution in [3.05, 3.63) is 59.9 Å². The average molecular weight is 508 g/mol. The Labute approximate surface area is 207 Å². The van der Waals surface area contributed by atoms with Crippen LogP contribution in [0.2, 0.25) is 0 Å². The number of rotatable bonds is 12. The highest BCUT2D eigenvalue weighted by atomic mass is 32.2. The minimum atomic E-state index is -3.62. The minimum absolute atomic E-state index is 0.0241. The van der Waals surface area contributed by atoms with E-state index in [2.05, 4.69) is 5.32 Å². The van der Waals surface area contributed by atoms with Gasteiger partial charge in [-0.2, -0.15) is 0 Å². The summed E-state index contributed by atoms with van der Waals surface area (Å²) in [5.41, 5.74) is 0.714. The molecule has 0 heterocycles. The van der Waals surface area contributed by atoms with Crippen LogP contribution >= 0.6 is 0 Å². The number of nitrogens with zero attached hydrogens (tertiary/aromatic N) is 2. The number of ether oxygens (including phenoxy) is 1. The zero-order valence-electron chi connectivity index (χ0n) is 20.8. The van der Waals surface area contributed by atoms with E-state index >= 15 is 0 Å². The second-order valence-corrected chi connectivity index (χ2v) is 10.5. The molecule has 0 spiro atoms. The molecule has 0 aliphatic carbocycles. The highest BCUT2D eigenvalue weighted by molar-refractivity contribution is 7.92. The van der Waals surface area contributed by atoms with E-state index in [0.29, 0.717) is 17.0 Å². The van der Waals surface area contributed by atoms with Gasteiger partial charge in [0.25, 0.3) is 0 Å². The summed E-state index contributed by atoms with van der Waals surface area (Å²) in [7, 11) is -2.13. The van der Waals surface area contributed by atoms with Crippen molar-refractivity contribution in [3.8, 4) is 5.75 Å². The van der Waals surface area contributed by atoms with Crippen molar-refractivity contribution in [2.24, 2.45) is 0 Å². The maximum atomic E-state index is 14.3. The maximum Gasteiger partial charge on any atom is 0.242 e. The molecule has 0 aliphatic rings. The quantitative estimate of drug-likeness (QED) is 0.476. The average Bonchev–Trinajstić information content (AvgIpc) is 2.79. The summed E-state index contributed by atoms with van der Waals surface area (Å²) in [5, 5.41) is 2.78. The molecule has 2 rings (SSSR count). The molecule has 0 fully saturated rings. The van der Waals surface area contributed by atoms with Crippen LogP contribution in [0, 0.1) is 5.82 Å². The van der Waals surface area contributed by atoms with Crippen LogP contribution < -0.4 is 14.4 Å². The Morgan fingerprint density at radius 1 is 1.09 bits per heavy atom. The first-order chi connectivity index (χ1) is 16.4. The number of carbonyl (C=O) groups is 2. The number of amides is 2. The van der Waals surface area contributed by atoms with E-state index in [1.165, 1.54) is 22.4 Å². The van der Waals surface area contributed by atoms with Gasteiger partial charge in [0.15, 0.2) is 0 Å². The van der Waals surface area contributed by atoms with Gasteiger partial charge in [0.05, 0.1) is 19.1 Å². The van der Waals surface area contributed by atoms with Crippen LogP contribution in [-0.4, -0.2) is 57.1 Å². The fourth-order valence-corrected chi connectivity index (χ4v) is 4.52. The van der Waals surface area contributed by atoms with Gasteiger partial charge in [0.2, 0.25) is 21.8 Å². The van der Waals surface area contributed by atoms with E-state index in [-0.39, 0.29) is 43.8 Å². The zero-order valence-corrected chi connectivity index (χ0v) is 21.6. The molecule has 2 amide bonds. The first kappa shape index (κ1) is 28.1. The first-order valence-electron chi connectivity index (χ1n) is 11.4. The van der Waals surface area contributed by atoms with Crippen LogP contribution in [0.15, 0.2) is 48.5 Å². The zero-order chi connectivity index (χ0) is 26.2. The predicted octanol–water partition coefficient (Wildman–Crippen LogP) is 3.32. The Morgan fingerprint density at radius 2 is 1.77 bits per heavy atom. The largest absolute Gasteiger partial charge is 0.497 e. The van der Waals surface area contributed by atoms with E-state index in [1.54, 1.807) is 49.4 Å². The number of benzene rings is 2. The predicted molar refractivity (Wildman–Crippen MR) is 134 cm³/mol. The summed E-state index contributed by atoms with van der Waals surface area (Å²) in [4.78, 5) is 27.2. The molecule has 0 aromatic heterocycles. The monoisotopic (exact) mass is 507 g/mol. The molecule has 0 bridgehead atoms. The molecular formula is C25H34FN3O5S. The molecule has 0 aliphatic heterocycles. The summed E-state index contributed by atoms with van der Waals surface area (Å²) in [6.45, 7) is 5.19. The molecule has 1 atom stereocenters. The second-order valence-electron chi connectivity index (χ2n) is 8.59. The SMILES string of the molecule is COc1cccc(N(CCCC(=O)N(Cc2ccccc2F)C(C)C(=O)NC(C)C)S(C)(=O)=O)c1. The molecule has 2 aromatic carbocycles. The van der Waals surface area contributed by atoms with Gasteiger partial charge in [-0.05, 0) is 45.4 Å². The third-order valence-electron chi connectivity index (χ3n) is 5.39. The lowest BCUT2D eigenvalue weighted by Gasteiger charge is -2.30. The van der Waals surface area contributed by atoms with E-state index in [4.69, 9.17) is 4.74 Å². The van der Waals surface area contributed by atoms with E-state index < -0.39 is 21.9 Å². The van der Waals surface area contributed by atoms with Gasteiger partial charge in [-0.25, -0.2) is 12.8 Å². The van der Waals surface area contributed by atoms with Crippen molar-refractivity contribution in [2.75, 3.05) is 24.2 Å². The first-order valence-corrected chi connectivity index (χ1v) is 13.2. The summed E-state index contributed by atoms with van der Waals surface area (Å²) in [5.74, 6) is -0.686. The minimum Gasteiger partial charge on any atom is -0.497 e. The number of anilines is 1. The number of methoxy groups -OCH3 is 1. The van der Waals surface area contributed by atoms with Crippen LogP contribution in [0.25, 0.3) is 0 Å². The highest BCUT2D eigenvalue weighted by Crippen LogP contribution is 2.24. The second kappa shape index (κ2) is 12.5. The van der Waals surface area contributed by atoms with Crippen LogP contribution in [0.3, 0.4) is 0 Å². The Balaban J connectivity index is 2.19. The summed E-state index contributed by atoms with van der Waals surface area (Å²) in [6.07, 6.45) is 1.27. The third kappa shape index (κ3) is 8.24. The molecular weight excluding hydrogens is 473 g/mol. The molecule has 0 saturated heterocycles. The number of hydrogen-bond acceptors (Lipinski definition) is 5. The fraction of sp³-hybridized carbons (Fsp3) is 0.440. The van der Waals surface area contributed by atoms with E-state index in [9.17, 15) is 22.4 Å². The van der Waals surface area contributed by atoms with Crippen molar-refractivity contribution in [1.82, 2.24) is 10.2 Å². The van der Waals surface area contributed by atoms with Crippen LogP contribution in [0.5, 0.6) is 5.75 Å². The number of hydrogen-bond donors (Lipinski definition) is 1. The molecule has 2 aromatic rings. The normalized spacial score (nSPS) is 12.2. The van der Waals surface area contributed by atoms with Crippen molar-refractivity contribution < 1.29 is 27.1 Å². The highest BCUT2D eigenvalue weighted by Gasteiger charge is 2.27. The van der Waals surface area contributed by atoms with Gasteiger partial charge in [-0.15, -0.1) is 0 Å². The Kier molecular flexibility index (Phi) is 10.1. The molecule has 0 radical (unpaired) electrons. The van der Waals surface area contributed by atoms with Crippen molar-refractivity contribution in [3.63, 3.8) is 0 Å². The van der Waals surface area contributed by atoms with Gasteiger partial charge >= 0.3 is 0 Å². The third-order valence-corrected chi connectivity index (χ3v) is 6.58. The van der Waals surface area contributed by atoms with Crippen LogP contribution in [0.1, 0.15) is 39.2 Å². The van der Waals surface area contributed by atoms with Crippen molar-refractivity contribution in [2.45, 2.75) is 52.2 Å². The number of sulfonamides is 1. The Hall–Kier alpha value is -3.14. The standard InChI is InChI=1S/C25H34FN3O5S/c1-18(2)27-25(31)19(3)28(17-20-10-6-7-13-23(20)26)24(30)14-9-15-29(35(5,32)33)21-11-8-12-22(16-21)34-4/h6-8,10-13,16,18-19H,9,14-15,17H2,1-5H3,(H,27,31). The van der Waals surface area contributed by atoms with Gasteiger partial charge in [-0.3, -0.25) is 13.9 Å². The number of carbonyl (C=O) groups excluding carboxylic acids is 2. The molecule has 0 saturated carbocycles. The smallest absolute Gasteiger partial charge is 0.242 e. The van der Waals surface area contributed by atoms with Gasteiger partial charge in [0, 0.05) is 37.2 Å². The Bertz CT molecular complexity index is 1120. The summed E-state index contributed by atoms with van der Waals surface area (Å²) >= 11 is 0. The summed E-state index contributed by atoms with van der Waals surface area (Å²) in [6, 6.07) is 11.8. The summed E-state index contributed by atoms with van der Waals surface area (Å²) < 4.78 is 45.5. The molecule has 1 N–H and O–H groups in total. The number of halogens is 1. The van der Waals surface area contributed by atoms with E-state index in [1.807, 2.05) is 13.8 Å². The van der Waals surface area contributed by atoms with Gasteiger partial charge in [0.1, 0.15) is 17.6 Å².